The topological polar surface area (TPSA) is 42.2 Å². The highest BCUT2D eigenvalue weighted by molar-refractivity contribution is 5.63. The lowest BCUT2D eigenvalue weighted by Gasteiger charge is -2.21. The van der Waals surface area contributed by atoms with Crippen molar-refractivity contribution in [1.29, 1.82) is 0 Å². The molecule has 2 rings (SSSR count). The zero-order valence-electron chi connectivity index (χ0n) is 11.1. The lowest BCUT2D eigenvalue weighted by molar-refractivity contribution is 0.892. The van der Waals surface area contributed by atoms with Crippen molar-refractivity contribution in [2.45, 2.75) is 20.4 Å². The van der Waals surface area contributed by atoms with Crippen molar-refractivity contribution >= 4 is 11.5 Å². The van der Waals surface area contributed by atoms with Crippen LogP contribution in [0.25, 0.3) is 0 Å². The fourth-order valence-corrected chi connectivity index (χ4v) is 2.02. The van der Waals surface area contributed by atoms with Crippen molar-refractivity contribution in [3.8, 4) is 0 Å². The van der Waals surface area contributed by atoms with Gasteiger partial charge in [0.2, 0.25) is 0 Å². The maximum atomic E-state index is 6.01. The number of anilines is 2. The minimum absolute atomic E-state index is 0.728. The van der Waals surface area contributed by atoms with Gasteiger partial charge in [-0.2, -0.15) is 0 Å². The summed E-state index contributed by atoms with van der Waals surface area (Å²) in [6, 6.07) is 10.3. The lowest BCUT2D eigenvalue weighted by atomic mass is 10.1. The Morgan fingerprint density at radius 2 is 1.94 bits per heavy atom. The first-order valence-electron chi connectivity index (χ1n) is 6.05. The number of pyridine rings is 1. The fraction of sp³-hybridized carbons (Fsp3) is 0.267. The monoisotopic (exact) mass is 241 g/mol. The first-order valence-corrected chi connectivity index (χ1v) is 6.05. The molecule has 3 heteroatoms. The maximum absolute atomic E-state index is 6.01. The van der Waals surface area contributed by atoms with Gasteiger partial charge in [-0.25, -0.2) is 4.98 Å². The van der Waals surface area contributed by atoms with E-state index in [2.05, 4.69) is 41.1 Å². The summed E-state index contributed by atoms with van der Waals surface area (Å²) in [5.41, 5.74) is 10.4. The molecule has 0 unspecified atom stereocenters. The smallest absolute Gasteiger partial charge is 0.151 e. The Bertz CT molecular complexity index is 549. The quantitative estimate of drug-likeness (QED) is 0.898. The number of rotatable bonds is 3. The molecular formula is C15H19N3. The van der Waals surface area contributed by atoms with Crippen molar-refractivity contribution in [3.63, 3.8) is 0 Å². The molecule has 1 aromatic heterocycles. The molecule has 94 valence electrons. The van der Waals surface area contributed by atoms with Crippen LogP contribution in [0.5, 0.6) is 0 Å². The number of hydrogen-bond acceptors (Lipinski definition) is 3. The second-order valence-electron chi connectivity index (χ2n) is 4.71. The van der Waals surface area contributed by atoms with Crippen molar-refractivity contribution in [3.05, 3.63) is 53.2 Å². The molecule has 0 spiro atoms. The van der Waals surface area contributed by atoms with Gasteiger partial charge in [-0.15, -0.1) is 0 Å². The third-order valence-corrected chi connectivity index (χ3v) is 3.06. The van der Waals surface area contributed by atoms with Gasteiger partial charge in [0.05, 0.1) is 5.69 Å². The Morgan fingerprint density at radius 3 is 2.61 bits per heavy atom. The number of nitrogens with two attached hydrogens (primary N) is 1. The van der Waals surface area contributed by atoms with E-state index in [9.17, 15) is 0 Å². The van der Waals surface area contributed by atoms with E-state index in [1.807, 2.05) is 26.2 Å². The van der Waals surface area contributed by atoms with Gasteiger partial charge in [0, 0.05) is 19.8 Å². The summed E-state index contributed by atoms with van der Waals surface area (Å²) in [7, 11) is 2.01. The van der Waals surface area contributed by atoms with Crippen LogP contribution in [0, 0.1) is 13.8 Å². The van der Waals surface area contributed by atoms with Gasteiger partial charge >= 0.3 is 0 Å². The predicted octanol–water partition coefficient (Wildman–Crippen LogP) is 2.92. The number of aryl methyl sites for hydroxylation is 2. The van der Waals surface area contributed by atoms with Crippen LogP contribution in [-0.2, 0) is 6.54 Å². The van der Waals surface area contributed by atoms with E-state index in [0.29, 0.717) is 0 Å². The highest BCUT2D eigenvalue weighted by atomic mass is 15.2. The normalized spacial score (nSPS) is 10.4. The SMILES string of the molecule is Cc1cnc(N(C)Cc2ccccc2C)c(N)c1. The second-order valence-corrected chi connectivity index (χ2v) is 4.71. The predicted molar refractivity (Wildman–Crippen MR) is 76.7 cm³/mol. The summed E-state index contributed by atoms with van der Waals surface area (Å²) in [5.74, 6) is 0.837. The largest absolute Gasteiger partial charge is 0.396 e. The minimum atomic E-state index is 0.728. The summed E-state index contributed by atoms with van der Waals surface area (Å²) in [6.45, 7) is 4.93. The van der Waals surface area contributed by atoms with Gasteiger partial charge in [0.1, 0.15) is 0 Å². The van der Waals surface area contributed by atoms with Crippen molar-refractivity contribution in [2.24, 2.45) is 0 Å². The van der Waals surface area contributed by atoms with Crippen LogP contribution in [-0.4, -0.2) is 12.0 Å². The van der Waals surface area contributed by atoms with Crippen LogP contribution in [0.1, 0.15) is 16.7 Å². The van der Waals surface area contributed by atoms with E-state index < -0.39 is 0 Å². The van der Waals surface area contributed by atoms with E-state index in [-0.39, 0.29) is 0 Å². The molecule has 2 N–H and O–H groups in total. The molecule has 0 saturated heterocycles. The molecule has 3 nitrogen and oxygen atoms in total. The van der Waals surface area contributed by atoms with Crippen LogP contribution in [0.3, 0.4) is 0 Å². The zero-order chi connectivity index (χ0) is 13.1. The molecule has 0 aliphatic heterocycles. The summed E-state index contributed by atoms with van der Waals surface area (Å²) < 4.78 is 0. The third-order valence-electron chi connectivity index (χ3n) is 3.06. The molecule has 0 fully saturated rings. The average molecular weight is 241 g/mol. The highest BCUT2D eigenvalue weighted by Gasteiger charge is 2.08. The number of benzene rings is 1. The molecular weight excluding hydrogens is 222 g/mol. The number of aromatic nitrogens is 1. The van der Waals surface area contributed by atoms with Crippen LogP contribution >= 0.6 is 0 Å². The number of nitrogen functional groups attached to an aromatic ring is 1. The fourth-order valence-electron chi connectivity index (χ4n) is 2.02. The standard InChI is InChI=1S/C15H19N3/c1-11-8-14(16)15(17-9-11)18(3)10-13-7-5-4-6-12(13)2/h4-9H,10,16H2,1-3H3. The number of nitrogens with zero attached hydrogens (tertiary/aromatic N) is 2. The molecule has 0 amide bonds. The van der Waals surface area contributed by atoms with E-state index in [1.54, 1.807) is 0 Å². The van der Waals surface area contributed by atoms with Gasteiger partial charge in [-0.05, 0) is 36.6 Å². The molecule has 0 aliphatic carbocycles. The number of hydrogen-bond donors (Lipinski definition) is 1. The lowest BCUT2D eigenvalue weighted by Crippen LogP contribution is -2.19. The first kappa shape index (κ1) is 12.4. The second kappa shape index (κ2) is 5.08. The molecule has 0 atom stereocenters. The zero-order valence-corrected chi connectivity index (χ0v) is 11.1. The summed E-state index contributed by atoms with van der Waals surface area (Å²) >= 11 is 0. The van der Waals surface area contributed by atoms with Crippen LogP contribution < -0.4 is 10.6 Å². The van der Waals surface area contributed by atoms with E-state index >= 15 is 0 Å². The molecule has 1 heterocycles. The highest BCUT2D eigenvalue weighted by Crippen LogP contribution is 2.22. The third kappa shape index (κ3) is 2.62. The Balaban J connectivity index is 2.22. The van der Waals surface area contributed by atoms with E-state index in [0.717, 1.165) is 23.6 Å². The van der Waals surface area contributed by atoms with E-state index in [1.165, 1.54) is 11.1 Å². The first-order chi connectivity index (χ1) is 8.58. The van der Waals surface area contributed by atoms with Gasteiger partial charge in [0.15, 0.2) is 5.82 Å². The van der Waals surface area contributed by atoms with Crippen molar-refractivity contribution < 1.29 is 0 Å². The Hall–Kier alpha value is -2.03. The molecule has 0 aliphatic rings. The summed E-state index contributed by atoms with van der Waals surface area (Å²) in [6.07, 6.45) is 1.85. The van der Waals surface area contributed by atoms with Crippen LogP contribution in [0.2, 0.25) is 0 Å². The molecule has 0 saturated carbocycles. The van der Waals surface area contributed by atoms with Gasteiger partial charge in [0.25, 0.3) is 0 Å². The van der Waals surface area contributed by atoms with E-state index in [4.69, 9.17) is 5.73 Å². The van der Waals surface area contributed by atoms with Crippen LogP contribution in [0.15, 0.2) is 36.5 Å². The molecule has 18 heavy (non-hydrogen) atoms. The van der Waals surface area contributed by atoms with Gasteiger partial charge in [-0.1, -0.05) is 24.3 Å². The summed E-state index contributed by atoms with van der Waals surface area (Å²) in [4.78, 5) is 6.48. The van der Waals surface area contributed by atoms with Crippen molar-refractivity contribution in [2.75, 3.05) is 17.7 Å². The maximum Gasteiger partial charge on any atom is 0.151 e. The Morgan fingerprint density at radius 1 is 1.22 bits per heavy atom. The molecule has 0 radical (unpaired) electrons. The molecule has 1 aromatic carbocycles. The Kier molecular flexibility index (Phi) is 3.51. The molecule has 0 bridgehead atoms. The van der Waals surface area contributed by atoms with Crippen LogP contribution in [0.4, 0.5) is 11.5 Å². The molecule has 2 aromatic rings. The van der Waals surface area contributed by atoms with Gasteiger partial charge < -0.3 is 10.6 Å². The minimum Gasteiger partial charge on any atom is -0.396 e. The Labute approximate surface area is 108 Å². The summed E-state index contributed by atoms with van der Waals surface area (Å²) in [5, 5.41) is 0. The van der Waals surface area contributed by atoms with Crippen molar-refractivity contribution in [1.82, 2.24) is 4.98 Å². The average Bonchev–Trinajstić information content (AvgIpc) is 2.32. The van der Waals surface area contributed by atoms with Gasteiger partial charge in [-0.3, -0.25) is 0 Å².